The minimum Gasteiger partial charge on any atom is -0.390 e. The summed E-state index contributed by atoms with van der Waals surface area (Å²) in [4.78, 5) is 24.1. The van der Waals surface area contributed by atoms with E-state index < -0.39 is 5.60 Å². The van der Waals surface area contributed by atoms with Crippen LogP contribution in [0.15, 0.2) is 0 Å². The number of carbonyl (C=O) groups excluding carboxylic acids is 2. The normalized spacial score (nSPS) is 38.4. The summed E-state index contributed by atoms with van der Waals surface area (Å²) in [6.07, 6.45) is 6.39. The zero-order chi connectivity index (χ0) is 16.9. The Morgan fingerprint density at radius 1 is 1.09 bits per heavy atom. The van der Waals surface area contributed by atoms with E-state index in [-0.39, 0.29) is 29.3 Å². The van der Waals surface area contributed by atoms with Crippen LogP contribution < -0.4 is 10.6 Å². The first kappa shape index (κ1) is 16.7. The molecule has 130 valence electrons. The fourth-order valence-electron chi connectivity index (χ4n) is 5.65. The summed E-state index contributed by atoms with van der Waals surface area (Å²) in [6, 6.07) is 0. The van der Waals surface area contributed by atoms with Crippen molar-refractivity contribution < 1.29 is 14.7 Å². The summed E-state index contributed by atoms with van der Waals surface area (Å²) in [7, 11) is 0. The summed E-state index contributed by atoms with van der Waals surface area (Å²) in [5.74, 6) is 0.950. The Hall–Kier alpha value is -1.10. The van der Waals surface area contributed by atoms with E-state index in [0.29, 0.717) is 18.3 Å². The van der Waals surface area contributed by atoms with Gasteiger partial charge in [0.15, 0.2) is 0 Å². The Bertz CT molecular complexity index is 495. The van der Waals surface area contributed by atoms with Gasteiger partial charge in [0, 0.05) is 12.0 Å². The molecule has 4 bridgehead atoms. The molecule has 4 aliphatic carbocycles. The van der Waals surface area contributed by atoms with E-state index in [4.69, 9.17) is 0 Å². The van der Waals surface area contributed by atoms with Crippen molar-refractivity contribution in [3.8, 4) is 0 Å². The highest BCUT2D eigenvalue weighted by Gasteiger charge is 2.57. The third-order valence-electron chi connectivity index (χ3n) is 5.65. The molecule has 0 spiro atoms. The molecule has 0 aromatic heterocycles. The highest BCUT2D eigenvalue weighted by Crippen LogP contribution is 2.62. The van der Waals surface area contributed by atoms with E-state index in [1.165, 1.54) is 6.42 Å². The molecule has 0 aliphatic heterocycles. The number of rotatable bonds is 4. The molecular formula is C18H30N2O3. The average Bonchev–Trinajstić information content (AvgIpc) is 2.30. The van der Waals surface area contributed by atoms with Crippen LogP contribution in [0.3, 0.4) is 0 Å². The third-order valence-corrected chi connectivity index (χ3v) is 5.65. The minimum atomic E-state index is -0.534. The molecular weight excluding hydrogens is 292 g/mol. The van der Waals surface area contributed by atoms with Crippen LogP contribution in [0.25, 0.3) is 0 Å². The lowest BCUT2D eigenvalue weighted by Gasteiger charge is -2.60. The number of carbonyl (C=O) groups is 2. The van der Waals surface area contributed by atoms with Crippen molar-refractivity contribution in [2.24, 2.45) is 17.3 Å². The van der Waals surface area contributed by atoms with E-state index in [0.717, 1.165) is 32.1 Å². The molecule has 4 rings (SSSR count). The van der Waals surface area contributed by atoms with Gasteiger partial charge in [-0.25, -0.2) is 0 Å². The maximum atomic E-state index is 12.3. The van der Waals surface area contributed by atoms with Gasteiger partial charge in [0.2, 0.25) is 11.8 Å². The highest BCUT2D eigenvalue weighted by molar-refractivity contribution is 5.85. The fourth-order valence-corrected chi connectivity index (χ4v) is 5.65. The monoisotopic (exact) mass is 322 g/mol. The van der Waals surface area contributed by atoms with Gasteiger partial charge in [-0.3, -0.25) is 9.59 Å². The molecule has 4 fully saturated rings. The highest BCUT2D eigenvalue weighted by atomic mass is 16.3. The number of amides is 2. The van der Waals surface area contributed by atoms with Gasteiger partial charge in [0.1, 0.15) is 0 Å². The molecule has 2 atom stereocenters. The molecule has 23 heavy (non-hydrogen) atoms. The number of nitrogens with one attached hydrogen (secondary N) is 2. The predicted octanol–water partition coefficient (Wildman–Crippen LogP) is 1.74. The molecule has 0 aromatic rings. The summed E-state index contributed by atoms with van der Waals surface area (Å²) >= 11 is 0. The second-order valence-corrected chi connectivity index (χ2v) is 9.44. The van der Waals surface area contributed by atoms with E-state index in [9.17, 15) is 14.7 Å². The van der Waals surface area contributed by atoms with Crippen molar-refractivity contribution in [3.05, 3.63) is 0 Å². The lowest BCUT2D eigenvalue weighted by molar-refractivity contribution is -0.169. The van der Waals surface area contributed by atoms with Crippen LogP contribution in [0.4, 0.5) is 0 Å². The van der Waals surface area contributed by atoms with Crippen molar-refractivity contribution >= 4 is 11.8 Å². The van der Waals surface area contributed by atoms with Crippen molar-refractivity contribution in [1.82, 2.24) is 10.6 Å². The molecule has 0 heterocycles. The van der Waals surface area contributed by atoms with Gasteiger partial charge in [-0.05, 0) is 76.5 Å². The standard InChI is InChI=1S/C18H30N2O3/c1-16(2,3)20-15(22)10-19-14(21)9-17-5-12-4-13(6-17)8-18(23,7-12)11-17/h12-13,23H,4-11H2,1-3H3,(H,19,21)(H,20,22). The van der Waals surface area contributed by atoms with Gasteiger partial charge in [-0.1, -0.05) is 0 Å². The van der Waals surface area contributed by atoms with Gasteiger partial charge in [-0.2, -0.15) is 0 Å². The van der Waals surface area contributed by atoms with Crippen LogP contribution in [0, 0.1) is 17.3 Å². The van der Waals surface area contributed by atoms with Crippen molar-refractivity contribution in [3.63, 3.8) is 0 Å². The molecule has 3 N–H and O–H groups in total. The van der Waals surface area contributed by atoms with E-state index in [1.54, 1.807) is 0 Å². The van der Waals surface area contributed by atoms with Crippen molar-refractivity contribution in [2.45, 2.75) is 76.9 Å². The fraction of sp³-hybridized carbons (Fsp3) is 0.889. The molecule has 0 radical (unpaired) electrons. The van der Waals surface area contributed by atoms with Crippen molar-refractivity contribution in [2.75, 3.05) is 6.54 Å². The Kier molecular flexibility index (Phi) is 3.98. The third kappa shape index (κ3) is 3.87. The van der Waals surface area contributed by atoms with Crippen LogP contribution in [-0.2, 0) is 9.59 Å². The van der Waals surface area contributed by atoms with Gasteiger partial charge in [-0.15, -0.1) is 0 Å². The largest absolute Gasteiger partial charge is 0.390 e. The van der Waals surface area contributed by atoms with Crippen LogP contribution in [0.2, 0.25) is 0 Å². The van der Waals surface area contributed by atoms with E-state index in [2.05, 4.69) is 10.6 Å². The second-order valence-electron chi connectivity index (χ2n) is 9.44. The van der Waals surface area contributed by atoms with Crippen molar-refractivity contribution in [1.29, 1.82) is 0 Å². The average molecular weight is 322 g/mol. The Labute approximate surface area is 138 Å². The second kappa shape index (κ2) is 5.47. The summed E-state index contributed by atoms with van der Waals surface area (Å²) in [5, 5.41) is 16.3. The Morgan fingerprint density at radius 2 is 1.70 bits per heavy atom. The van der Waals surface area contributed by atoms with Crippen LogP contribution in [-0.4, -0.2) is 34.6 Å². The molecule has 5 heteroatoms. The van der Waals surface area contributed by atoms with Gasteiger partial charge < -0.3 is 15.7 Å². The quantitative estimate of drug-likeness (QED) is 0.738. The minimum absolute atomic E-state index is 0.0311. The van der Waals surface area contributed by atoms with Crippen LogP contribution in [0.1, 0.15) is 65.7 Å². The summed E-state index contributed by atoms with van der Waals surface area (Å²) in [6.45, 7) is 5.79. The SMILES string of the molecule is CC(C)(C)NC(=O)CNC(=O)CC12CC3CC(CC(O)(C3)C1)C2. The van der Waals surface area contributed by atoms with Gasteiger partial charge >= 0.3 is 0 Å². The summed E-state index contributed by atoms with van der Waals surface area (Å²) < 4.78 is 0. The first-order chi connectivity index (χ1) is 10.6. The van der Waals surface area contributed by atoms with Gasteiger partial charge in [0.05, 0.1) is 12.1 Å². The van der Waals surface area contributed by atoms with Gasteiger partial charge in [0.25, 0.3) is 0 Å². The maximum absolute atomic E-state index is 12.3. The first-order valence-electron chi connectivity index (χ1n) is 8.87. The Balaban J connectivity index is 1.53. The first-order valence-corrected chi connectivity index (χ1v) is 8.87. The molecule has 4 saturated carbocycles. The molecule has 5 nitrogen and oxygen atoms in total. The number of aliphatic hydroxyl groups is 1. The lowest BCUT2D eigenvalue weighted by atomic mass is 9.47. The number of hydrogen-bond donors (Lipinski definition) is 3. The topological polar surface area (TPSA) is 78.4 Å². The molecule has 0 aromatic carbocycles. The summed E-state index contributed by atoms with van der Waals surface area (Å²) in [5.41, 5.74) is -0.859. The maximum Gasteiger partial charge on any atom is 0.239 e. The zero-order valence-electron chi connectivity index (χ0n) is 14.6. The van der Waals surface area contributed by atoms with Crippen LogP contribution >= 0.6 is 0 Å². The van der Waals surface area contributed by atoms with E-state index >= 15 is 0 Å². The molecule has 0 saturated heterocycles. The Morgan fingerprint density at radius 3 is 2.22 bits per heavy atom. The number of hydrogen-bond acceptors (Lipinski definition) is 3. The lowest BCUT2D eigenvalue weighted by Crippen LogP contribution is -2.56. The smallest absolute Gasteiger partial charge is 0.239 e. The van der Waals surface area contributed by atoms with Crippen LogP contribution in [0.5, 0.6) is 0 Å². The predicted molar refractivity (Wildman–Crippen MR) is 87.6 cm³/mol. The molecule has 4 aliphatic rings. The zero-order valence-corrected chi connectivity index (χ0v) is 14.6. The molecule has 2 amide bonds. The molecule has 2 unspecified atom stereocenters. The van der Waals surface area contributed by atoms with E-state index in [1.807, 2.05) is 20.8 Å².